The van der Waals surface area contributed by atoms with E-state index < -0.39 is 18.2 Å². The van der Waals surface area contributed by atoms with Gasteiger partial charge in [0.25, 0.3) is 0 Å². The van der Waals surface area contributed by atoms with Crippen LogP contribution in [0.25, 0.3) is 0 Å². The van der Waals surface area contributed by atoms with Crippen molar-refractivity contribution in [2.24, 2.45) is 0 Å². The Morgan fingerprint density at radius 1 is 1.04 bits per heavy atom. The number of rotatable bonds is 7. The van der Waals surface area contributed by atoms with Crippen LogP contribution in [0.4, 0.5) is 4.79 Å². The van der Waals surface area contributed by atoms with E-state index in [9.17, 15) is 9.90 Å². The summed E-state index contributed by atoms with van der Waals surface area (Å²) in [4.78, 5) is 12.0. The van der Waals surface area contributed by atoms with Crippen LogP contribution in [0.5, 0.6) is 5.75 Å². The van der Waals surface area contributed by atoms with Gasteiger partial charge in [-0.2, -0.15) is 0 Å². The zero-order chi connectivity index (χ0) is 18.2. The normalized spacial score (nSPS) is 13.2. The van der Waals surface area contributed by atoms with Gasteiger partial charge < -0.3 is 19.9 Å². The molecule has 2 unspecified atom stereocenters. The number of alkyl carbamates (subject to hydrolysis) is 1. The Hall–Kier alpha value is -2.53. The minimum Gasteiger partial charge on any atom is -0.491 e. The van der Waals surface area contributed by atoms with E-state index in [0.717, 1.165) is 16.9 Å². The average Bonchev–Trinajstić information content (AvgIpc) is 2.59. The number of carbonyl (C=O) groups excluding carboxylic acids is 1. The van der Waals surface area contributed by atoms with Gasteiger partial charge in [0, 0.05) is 0 Å². The van der Waals surface area contributed by atoms with Crippen LogP contribution >= 0.6 is 0 Å². The van der Waals surface area contributed by atoms with Crippen LogP contribution in [0.15, 0.2) is 54.6 Å². The van der Waals surface area contributed by atoms with Crippen molar-refractivity contribution in [3.63, 3.8) is 0 Å². The van der Waals surface area contributed by atoms with E-state index in [-0.39, 0.29) is 12.7 Å². The Bertz CT molecular complexity index is 653. The first-order valence-corrected chi connectivity index (χ1v) is 8.37. The van der Waals surface area contributed by atoms with Crippen LogP contribution in [-0.2, 0) is 11.3 Å². The van der Waals surface area contributed by atoms with E-state index in [2.05, 4.69) is 5.32 Å². The quantitative estimate of drug-likeness (QED) is 0.802. The molecule has 25 heavy (non-hydrogen) atoms. The summed E-state index contributed by atoms with van der Waals surface area (Å²) >= 11 is 0. The Kier molecular flexibility index (Phi) is 6.83. The number of aliphatic hydroxyl groups is 1. The van der Waals surface area contributed by atoms with E-state index in [1.807, 2.05) is 68.4 Å². The second-order valence-electron chi connectivity index (χ2n) is 6.16. The minimum absolute atomic E-state index is 0.0875. The smallest absolute Gasteiger partial charge is 0.408 e. The Labute approximate surface area is 148 Å². The van der Waals surface area contributed by atoms with Crippen molar-refractivity contribution in [3.05, 3.63) is 65.7 Å². The first kappa shape index (κ1) is 18.8. The number of hydrogen-bond acceptors (Lipinski definition) is 4. The lowest BCUT2D eigenvalue weighted by atomic mass is 10.0. The van der Waals surface area contributed by atoms with Crippen LogP contribution in [0.3, 0.4) is 0 Å². The van der Waals surface area contributed by atoms with Crippen molar-refractivity contribution in [2.75, 3.05) is 0 Å². The second kappa shape index (κ2) is 9.08. The van der Waals surface area contributed by atoms with E-state index in [1.54, 1.807) is 6.92 Å². The molecular weight excluding hydrogens is 318 g/mol. The summed E-state index contributed by atoms with van der Waals surface area (Å²) in [5.74, 6) is 0.745. The van der Waals surface area contributed by atoms with Gasteiger partial charge in [-0.3, -0.25) is 0 Å². The molecule has 1 amide bonds. The molecule has 2 aromatic rings. The molecule has 0 spiro atoms. The maximum Gasteiger partial charge on any atom is 0.408 e. The van der Waals surface area contributed by atoms with Crippen molar-refractivity contribution in [1.82, 2.24) is 5.32 Å². The molecule has 2 N–H and O–H groups in total. The maximum atomic E-state index is 12.0. The lowest BCUT2D eigenvalue weighted by Gasteiger charge is -2.22. The summed E-state index contributed by atoms with van der Waals surface area (Å²) in [5, 5.41) is 12.7. The summed E-state index contributed by atoms with van der Waals surface area (Å²) < 4.78 is 10.8. The number of aliphatic hydroxyl groups excluding tert-OH is 1. The fourth-order valence-electron chi connectivity index (χ4n) is 2.40. The van der Waals surface area contributed by atoms with Gasteiger partial charge in [-0.25, -0.2) is 4.79 Å². The van der Waals surface area contributed by atoms with Gasteiger partial charge in [-0.1, -0.05) is 42.5 Å². The molecule has 0 saturated heterocycles. The highest BCUT2D eigenvalue weighted by molar-refractivity contribution is 5.68. The average molecular weight is 343 g/mol. The Balaban J connectivity index is 1.96. The monoisotopic (exact) mass is 343 g/mol. The van der Waals surface area contributed by atoms with Crippen LogP contribution in [0.1, 0.15) is 37.9 Å². The molecule has 0 bridgehead atoms. The van der Waals surface area contributed by atoms with Crippen LogP contribution in [0.2, 0.25) is 0 Å². The van der Waals surface area contributed by atoms with Crippen LogP contribution in [0, 0.1) is 0 Å². The molecule has 5 nitrogen and oxygen atoms in total. The minimum atomic E-state index is -0.763. The summed E-state index contributed by atoms with van der Waals surface area (Å²) in [7, 11) is 0. The van der Waals surface area contributed by atoms with Gasteiger partial charge in [0.2, 0.25) is 0 Å². The lowest BCUT2D eigenvalue weighted by Crippen LogP contribution is -2.35. The summed E-state index contributed by atoms with van der Waals surface area (Å²) in [6, 6.07) is 16.2. The number of ether oxygens (including phenoxy) is 2. The molecular formula is C20H25NO4. The topological polar surface area (TPSA) is 67.8 Å². The standard InChI is InChI=1S/C20H25NO4/c1-14(2)25-18-11-9-17(10-12-18)19(15(3)22)21-20(23)24-13-16-7-5-4-6-8-16/h4-12,14-15,19,22H,13H2,1-3H3,(H,21,23). The van der Waals surface area contributed by atoms with Crippen molar-refractivity contribution < 1.29 is 19.4 Å². The van der Waals surface area contributed by atoms with Gasteiger partial charge in [0.1, 0.15) is 12.4 Å². The fraction of sp³-hybridized carbons (Fsp3) is 0.350. The lowest BCUT2D eigenvalue weighted by molar-refractivity contribution is 0.109. The summed E-state index contributed by atoms with van der Waals surface area (Å²) in [5.41, 5.74) is 1.68. The summed E-state index contributed by atoms with van der Waals surface area (Å²) in [6.07, 6.45) is -1.25. The zero-order valence-electron chi connectivity index (χ0n) is 14.8. The predicted octanol–water partition coefficient (Wildman–Crippen LogP) is 3.82. The highest BCUT2D eigenvalue weighted by Crippen LogP contribution is 2.21. The molecule has 0 fully saturated rings. The Morgan fingerprint density at radius 3 is 2.24 bits per heavy atom. The molecule has 0 aliphatic carbocycles. The number of nitrogens with one attached hydrogen (secondary N) is 1. The largest absolute Gasteiger partial charge is 0.491 e. The molecule has 2 aromatic carbocycles. The van der Waals surface area contributed by atoms with E-state index in [1.165, 1.54) is 0 Å². The molecule has 2 rings (SSSR count). The van der Waals surface area contributed by atoms with Crippen molar-refractivity contribution >= 4 is 6.09 Å². The molecule has 134 valence electrons. The first-order valence-electron chi connectivity index (χ1n) is 8.37. The van der Waals surface area contributed by atoms with Crippen LogP contribution < -0.4 is 10.1 Å². The van der Waals surface area contributed by atoms with Crippen molar-refractivity contribution in [3.8, 4) is 5.75 Å². The predicted molar refractivity (Wildman–Crippen MR) is 96.4 cm³/mol. The maximum absolute atomic E-state index is 12.0. The van der Waals surface area contributed by atoms with E-state index in [4.69, 9.17) is 9.47 Å². The van der Waals surface area contributed by atoms with Gasteiger partial charge in [-0.15, -0.1) is 0 Å². The van der Waals surface area contributed by atoms with Gasteiger partial charge in [0.15, 0.2) is 0 Å². The molecule has 0 aromatic heterocycles. The highest BCUT2D eigenvalue weighted by atomic mass is 16.5. The number of benzene rings is 2. The number of amides is 1. The molecule has 2 atom stereocenters. The zero-order valence-corrected chi connectivity index (χ0v) is 14.8. The number of hydrogen-bond donors (Lipinski definition) is 2. The van der Waals surface area contributed by atoms with E-state index in [0.29, 0.717) is 0 Å². The Morgan fingerprint density at radius 2 is 1.68 bits per heavy atom. The van der Waals surface area contributed by atoms with Gasteiger partial charge in [-0.05, 0) is 44.0 Å². The van der Waals surface area contributed by atoms with Crippen molar-refractivity contribution in [1.29, 1.82) is 0 Å². The number of carbonyl (C=O) groups is 1. The second-order valence-corrected chi connectivity index (χ2v) is 6.16. The third-order valence-corrected chi connectivity index (χ3v) is 3.58. The first-order chi connectivity index (χ1) is 12.0. The van der Waals surface area contributed by atoms with Crippen LogP contribution in [-0.4, -0.2) is 23.4 Å². The highest BCUT2D eigenvalue weighted by Gasteiger charge is 2.20. The SMILES string of the molecule is CC(C)Oc1ccc(C(NC(=O)OCc2ccccc2)C(C)O)cc1. The third kappa shape index (κ3) is 6.12. The van der Waals surface area contributed by atoms with Gasteiger partial charge in [0.05, 0.1) is 18.2 Å². The molecule has 0 aliphatic rings. The van der Waals surface area contributed by atoms with Crippen molar-refractivity contribution in [2.45, 2.75) is 45.6 Å². The molecule has 0 radical (unpaired) electrons. The molecule has 0 aliphatic heterocycles. The molecule has 5 heteroatoms. The van der Waals surface area contributed by atoms with Gasteiger partial charge >= 0.3 is 6.09 Å². The third-order valence-electron chi connectivity index (χ3n) is 3.58. The molecule has 0 heterocycles. The van der Waals surface area contributed by atoms with E-state index >= 15 is 0 Å². The fourth-order valence-corrected chi connectivity index (χ4v) is 2.40. The molecule has 0 saturated carbocycles. The summed E-state index contributed by atoms with van der Waals surface area (Å²) in [6.45, 7) is 5.72.